The number of nitro groups is 1. The number of nitro benzene ring substituents is 1. The van der Waals surface area contributed by atoms with Gasteiger partial charge >= 0.3 is 0 Å². The van der Waals surface area contributed by atoms with E-state index in [9.17, 15) is 18.5 Å². The molecule has 0 bridgehead atoms. The lowest BCUT2D eigenvalue weighted by Crippen LogP contribution is -2.13. The Morgan fingerprint density at radius 2 is 1.92 bits per heavy atom. The summed E-state index contributed by atoms with van der Waals surface area (Å²) < 4.78 is 27.6. The van der Waals surface area contributed by atoms with Crippen molar-refractivity contribution in [1.29, 1.82) is 0 Å². The zero-order valence-electron chi connectivity index (χ0n) is 12.6. The van der Waals surface area contributed by atoms with Gasteiger partial charge in [0.2, 0.25) is 0 Å². The number of anilines is 1. The van der Waals surface area contributed by atoms with Gasteiger partial charge in [0.05, 0.1) is 21.0 Å². The van der Waals surface area contributed by atoms with Gasteiger partial charge in [-0.3, -0.25) is 19.8 Å². The standard InChI is InChI=1S/C16H13N3O4S/c1-11-8-12-4-3-7-17-16(12)15(9-11)18-24(22,23)14-6-2-5-13(10-14)19(20)21/h2-10,18H,1H3. The molecular weight excluding hydrogens is 330 g/mol. The molecule has 0 aliphatic carbocycles. The van der Waals surface area contributed by atoms with Gasteiger partial charge in [0.1, 0.15) is 0 Å². The molecule has 0 aliphatic rings. The Kier molecular flexibility index (Phi) is 3.90. The second kappa shape index (κ2) is 5.89. The topological polar surface area (TPSA) is 102 Å². The Bertz CT molecular complexity index is 1050. The van der Waals surface area contributed by atoms with Crippen molar-refractivity contribution >= 4 is 32.3 Å². The predicted molar refractivity (Wildman–Crippen MR) is 90.4 cm³/mol. The molecule has 0 atom stereocenters. The third-order valence-electron chi connectivity index (χ3n) is 3.43. The van der Waals surface area contributed by atoms with Gasteiger partial charge in [0.25, 0.3) is 15.7 Å². The molecule has 122 valence electrons. The number of aromatic nitrogens is 1. The van der Waals surface area contributed by atoms with E-state index in [0.29, 0.717) is 11.2 Å². The molecule has 0 saturated carbocycles. The Balaban J connectivity index is 2.07. The third kappa shape index (κ3) is 3.04. The normalized spacial score (nSPS) is 11.4. The summed E-state index contributed by atoms with van der Waals surface area (Å²) >= 11 is 0. The minimum absolute atomic E-state index is 0.178. The summed E-state index contributed by atoms with van der Waals surface area (Å²) in [6, 6.07) is 12.1. The molecule has 0 aliphatic heterocycles. The van der Waals surface area contributed by atoms with Crippen molar-refractivity contribution in [3.05, 3.63) is 70.4 Å². The Labute approximate surface area is 138 Å². The van der Waals surface area contributed by atoms with Gasteiger partial charge < -0.3 is 0 Å². The van der Waals surface area contributed by atoms with Crippen molar-refractivity contribution in [3.63, 3.8) is 0 Å². The number of fused-ring (bicyclic) bond motifs is 1. The fourth-order valence-corrected chi connectivity index (χ4v) is 3.48. The van der Waals surface area contributed by atoms with Crippen LogP contribution in [0.15, 0.2) is 59.6 Å². The second-order valence-electron chi connectivity index (χ2n) is 5.25. The third-order valence-corrected chi connectivity index (χ3v) is 4.80. The highest BCUT2D eigenvalue weighted by molar-refractivity contribution is 7.92. The van der Waals surface area contributed by atoms with Gasteiger partial charge in [0.15, 0.2) is 0 Å². The maximum atomic E-state index is 12.6. The zero-order chi connectivity index (χ0) is 17.3. The number of aryl methyl sites for hydroxylation is 1. The van der Waals surface area contributed by atoms with Crippen LogP contribution in [0.4, 0.5) is 11.4 Å². The van der Waals surface area contributed by atoms with E-state index in [2.05, 4.69) is 9.71 Å². The van der Waals surface area contributed by atoms with Crippen molar-refractivity contribution in [2.24, 2.45) is 0 Å². The second-order valence-corrected chi connectivity index (χ2v) is 6.93. The highest BCUT2D eigenvalue weighted by Crippen LogP contribution is 2.26. The first-order chi connectivity index (χ1) is 11.4. The van der Waals surface area contributed by atoms with Crippen LogP contribution in [0.3, 0.4) is 0 Å². The van der Waals surface area contributed by atoms with Gasteiger partial charge in [-0.25, -0.2) is 8.42 Å². The first-order valence-corrected chi connectivity index (χ1v) is 8.48. The van der Waals surface area contributed by atoms with Crippen LogP contribution in [-0.4, -0.2) is 18.3 Å². The summed E-state index contributed by atoms with van der Waals surface area (Å²) in [7, 11) is -3.97. The lowest BCUT2D eigenvalue weighted by atomic mass is 10.1. The van der Waals surface area contributed by atoms with Crippen LogP contribution in [0, 0.1) is 17.0 Å². The molecule has 1 heterocycles. The fourth-order valence-electron chi connectivity index (χ4n) is 2.39. The monoisotopic (exact) mass is 343 g/mol. The molecular formula is C16H13N3O4S. The minimum Gasteiger partial charge on any atom is -0.277 e. The fraction of sp³-hybridized carbons (Fsp3) is 0.0625. The minimum atomic E-state index is -3.97. The lowest BCUT2D eigenvalue weighted by molar-refractivity contribution is -0.385. The van der Waals surface area contributed by atoms with E-state index >= 15 is 0 Å². The molecule has 0 radical (unpaired) electrons. The number of nitrogens with zero attached hydrogens (tertiary/aromatic N) is 2. The molecule has 1 aromatic heterocycles. The van der Waals surface area contributed by atoms with E-state index in [1.54, 1.807) is 18.3 Å². The van der Waals surface area contributed by atoms with Crippen LogP contribution >= 0.6 is 0 Å². The van der Waals surface area contributed by atoms with Crippen LogP contribution in [0.25, 0.3) is 10.9 Å². The van der Waals surface area contributed by atoms with Gasteiger partial charge in [-0.1, -0.05) is 12.1 Å². The highest BCUT2D eigenvalue weighted by Gasteiger charge is 2.19. The number of hydrogen-bond acceptors (Lipinski definition) is 5. The van der Waals surface area contributed by atoms with Crippen molar-refractivity contribution in [1.82, 2.24) is 4.98 Å². The van der Waals surface area contributed by atoms with Crippen molar-refractivity contribution < 1.29 is 13.3 Å². The highest BCUT2D eigenvalue weighted by atomic mass is 32.2. The van der Waals surface area contributed by atoms with E-state index < -0.39 is 14.9 Å². The molecule has 0 saturated heterocycles. The molecule has 0 amide bonds. The summed E-state index contributed by atoms with van der Waals surface area (Å²) in [4.78, 5) is 14.2. The maximum absolute atomic E-state index is 12.6. The molecule has 3 aromatic rings. The van der Waals surface area contributed by atoms with E-state index in [1.807, 2.05) is 19.1 Å². The molecule has 0 unspecified atom stereocenters. The Hall–Kier alpha value is -3.00. The number of non-ortho nitro benzene ring substituents is 1. The lowest BCUT2D eigenvalue weighted by Gasteiger charge is -2.11. The van der Waals surface area contributed by atoms with Crippen LogP contribution in [0.5, 0.6) is 0 Å². The van der Waals surface area contributed by atoms with Crippen molar-refractivity contribution in [3.8, 4) is 0 Å². The summed E-state index contributed by atoms with van der Waals surface area (Å²) in [6.07, 6.45) is 1.57. The SMILES string of the molecule is Cc1cc(NS(=O)(=O)c2cccc([N+](=O)[O-])c2)c2ncccc2c1. The van der Waals surface area contributed by atoms with Crippen LogP contribution in [0.2, 0.25) is 0 Å². The van der Waals surface area contributed by atoms with Gasteiger partial charge in [-0.2, -0.15) is 0 Å². The first-order valence-electron chi connectivity index (χ1n) is 6.99. The summed E-state index contributed by atoms with van der Waals surface area (Å²) in [5.74, 6) is 0. The van der Waals surface area contributed by atoms with Gasteiger partial charge in [-0.05, 0) is 36.8 Å². The summed E-state index contributed by atoms with van der Waals surface area (Å²) in [5, 5.41) is 11.6. The zero-order valence-corrected chi connectivity index (χ0v) is 13.4. The van der Waals surface area contributed by atoms with Crippen molar-refractivity contribution in [2.45, 2.75) is 11.8 Å². The first kappa shape index (κ1) is 15.9. The molecule has 7 nitrogen and oxygen atoms in total. The number of rotatable bonds is 4. The largest absolute Gasteiger partial charge is 0.277 e. The van der Waals surface area contributed by atoms with E-state index in [4.69, 9.17) is 0 Å². The molecule has 3 rings (SSSR count). The molecule has 8 heteroatoms. The number of sulfonamides is 1. The predicted octanol–water partition coefficient (Wildman–Crippen LogP) is 3.25. The molecule has 0 spiro atoms. The molecule has 24 heavy (non-hydrogen) atoms. The maximum Gasteiger partial charge on any atom is 0.270 e. The molecule has 2 aromatic carbocycles. The van der Waals surface area contributed by atoms with E-state index in [-0.39, 0.29) is 10.6 Å². The van der Waals surface area contributed by atoms with Crippen molar-refractivity contribution in [2.75, 3.05) is 4.72 Å². The average molecular weight is 343 g/mol. The summed E-state index contributed by atoms with van der Waals surface area (Å²) in [5.41, 5.74) is 1.42. The Morgan fingerprint density at radius 3 is 2.67 bits per heavy atom. The quantitative estimate of drug-likeness (QED) is 0.578. The number of hydrogen-bond donors (Lipinski definition) is 1. The number of nitrogens with one attached hydrogen (secondary N) is 1. The van der Waals surface area contributed by atoms with Crippen LogP contribution in [0.1, 0.15) is 5.56 Å². The Morgan fingerprint density at radius 1 is 1.12 bits per heavy atom. The smallest absolute Gasteiger partial charge is 0.270 e. The van der Waals surface area contributed by atoms with Gasteiger partial charge in [0, 0.05) is 23.7 Å². The van der Waals surface area contributed by atoms with Gasteiger partial charge in [-0.15, -0.1) is 0 Å². The summed E-state index contributed by atoms with van der Waals surface area (Å²) in [6.45, 7) is 1.84. The molecule has 0 fully saturated rings. The van der Waals surface area contributed by atoms with E-state index in [0.717, 1.165) is 17.0 Å². The molecule has 1 N–H and O–H groups in total. The number of pyridine rings is 1. The van der Waals surface area contributed by atoms with Crippen LogP contribution in [-0.2, 0) is 10.0 Å². The van der Waals surface area contributed by atoms with Crippen LogP contribution < -0.4 is 4.72 Å². The van der Waals surface area contributed by atoms with E-state index in [1.165, 1.54) is 18.2 Å². The number of benzene rings is 2. The average Bonchev–Trinajstić information content (AvgIpc) is 2.54.